The number of pyridine rings is 1. The molecule has 0 saturated carbocycles. The molecule has 1 fully saturated rings. The van der Waals surface area contributed by atoms with Gasteiger partial charge in [0, 0.05) is 43.2 Å². The predicted octanol–water partition coefficient (Wildman–Crippen LogP) is 2.61. The summed E-state index contributed by atoms with van der Waals surface area (Å²) in [7, 11) is 0. The van der Waals surface area contributed by atoms with E-state index in [1.807, 2.05) is 53.3 Å². The molecule has 2 N–H and O–H groups in total. The van der Waals surface area contributed by atoms with Gasteiger partial charge in [0.1, 0.15) is 5.82 Å². The summed E-state index contributed by atoms with van der Waals surface area (Å²) >= 11 is 0. The molecular weight excluding hydrogens is 406 g/mol. The molecule has 3 aromatic heterocycles. The summed E-state index contributed by atoms with van der Waals surface area (Å²) in [6.07, 6.45) is 7.29. The minimum absolute atomic E-state index is 0.0229. The average molecular weight is 427 g/mol. The molecule has 160 valence electrons. The Morgan fingerprint density at radius 3 is 2.78 bits per heavy atom. The highest BCUT2D eigenvalue weighted by atomic mass is 16.5. The zero-order chi connectivity index (χ0) is 21.5. The molecule has 9 heteroatoms. The number of fused-ring (bicyclic) bond motifs is 2. The van der Waals surface area contributed by atoms with Crippen LogP contribution in [0.25, 0.3) is 16.9 Å². The van der Waals surface area contributed by atoms with Crippen molar-refractivity contribution >= 4 is 28.9 Å². The minimum Gasteiger partial charge on any atom is -0.378 e. The molecule has 6 rings (SSSR count). The Balaban J connectivity index is 1.29. The molecule has 0 spiro atoms. The summed E-state index contributed by atoms with van der Waals surface area (Å²) in [5, 5.41) is 6.19. The molecule has 5 heterocycles. The molecule has 0 bridgehead atoms. The molecule has 2 aliphatic rings. The van der Waals surface area contributed by atoms with Gasteiger partial charge in [-0.1, -0.05) is 6.07 Å². The number of hydrogen-bond donors (Lipinski definition) is 2. The Bertz CT molecular complexity index is 1310. The Morgan fingerprint density at radius 2 is 1.94 bits per heavy atom. The third kappa shape index (κ3) is 3.23. The maximum Gasteiger partial charge on any atom is 0.251 e. The first-order chi connectivity index (χ1) is 15.8. The van der Waals surface area contributed by atoms with E-state index in [9.17, 15) is 4.79 Å². The highest BCUT2D eigenvalue weighted by Gasteiger charge is 2.20. The topological polar surface area (TPSA) is 96.7 Å². The van der Waals surface area contributed by atoms with Gasteiger partial charge in [-0.15, -0.1) is 0 Å². The van der Waals surface area contributed by atoms with E-state index in [1.54, 1.807) is 6.20 Å². The number of benzene rings is 1. The molecule has 0 radical (unpaired) electrons. The van der Waals surface area contributed by atoms with Crippen LogP contribution in [0.5, 0.6) is 0 Å². The van der Waals surface area contributed by atoms with Gasteiger partial charge in [0.05, 0.1) is 37.0 Å². The van der Waals surface area contributed by atoms with Crippen molar-refractivity contribution in [3.05, 3.63) is 66.2 Å². The zero-order valence-corrected chi connectivity index (χ0v) is 17.3. The third-order valence-corrected chi connectivity index (χ3v) is 5.86. The highest BCUT2D eigenvalue weighted by molar-refractivity contribution is 5.98. The average Bonchev–Trinajstić information content (AvgIpc) is 3.48. The van der Waals surface area contributed by atoms with E-state index in [0.717, 1.165) is 65.8 Å². The van der Waals surface area contributed by atoms with Crippen molar-refractivity contribution in [2.24, 2.45) is 0 Å². The minimum atomic E-state index is -0.0229. The standard InChI is InChI=1S/C23H21N7O2/c31-23-18-3-1-15(11-16(18)12-27-23)19-14-26-21(22-24-5-6-30(19)22)28-17-2-4-20(25-13-17)29-7-9-32-10-8-29/h1-6,11,13-14H,7-10,12H2,(H,26,28)(H,27,31). The van der Waals surface area contributed by atoms with E-state index in [-0.39, 0.29) is 5.91 Å². The first-order valence-electron chi connectivity index (χ1n) is 10.6. The van der Waals surface area contributed by atoms with Crippen molar-refractivity contribution in [2.45, 2.75) is 6.54 Å². The van der Waals surface area contributed by atoms with Crippen LogP contribution in [0.15, 0.2) is 55.1 Å². The molecule has 1 saturated heterocycles. The second kappa shape index (κ2) is 7.61. The van der Waals surface area contributed by atoms with Crippen molar-refractivity contribution in [3.63, 3.8) is 0 Å². The monoisotopic (exact) mass is 427 g/mol. The molecule has 9 nitrogen and oxygen atoms in total. The van der Waals surface area contributed by atoms with Crippen molar-refractivity contribution in [1.82, 2.24) is 24.7 Å². The summed E-state index contributed by atoms with van der Waals surface area (Å²) < 4.78 is 7.40. The summed E-state index contributed by atoms with van der Waals surface area (Å²) in [6, 6.07) is 9.85. The number of ether oxygens (including phenoxy) is 1. The lowest BCUT2D eigenvalue weighted by Crippen LogP contribution is -2.36. The van der Waals surface area contributed by atoms with Gasteiger partial charge >= 0.3 is 0 Å². The number of imidazole rings is 1. The molecule has 1 amide bonds. The molecule has 0 atom stereocenters. The van der Waals surface area contributed by atoms with Crippen LogP contribution in [-0.2, 0) is 11.3 Å². The van der Waals surface area contributed by atoms with Crippen LogP contribution in [-0.4, -0.2) is 51.6 Å². The van der Waals surface area contributed by atoms with Crippen molar-refractivity contribution in [2.75, 3.05) is 36.5 Å². The van der Waals surface area contributed by atoms with Gasteiger partial charge in [-0.2, -0.15) is 0 Å². The fourth-order valence-electron chi connectivity index (χ4n) is 4.19. The van der Waals surface area contributed by atoms with Crippen LogP contribution in [0.1, 0.15) is 15.9 Å². The summed E-state index contributed by atoms with van der Waals surface area (Å²) in [5.74, 6) is 1.57. The van der Waals surface area contributed by atoms with Crippen LogP contribution < -0.4 is 15.5 Å². The number of nitrogens with zero attached hydrogens (tertiary/aromatic N) is 5. The molecule has 4 aromatic rings. The first kappa shape index (κ1) is 18.8. The van der Waals surface area contributed by atoms with Gasteiger partial charge in [-0.05, 0) is 29.8 Å². The number of carbonyl (C=O) groups excluding carboxylic acids is 1. The summed E-state index contributed by atoms with van der Waals surface area (Å²) in [6.45, 7) is 3.71. The van der Waals surface area contributed by atoms with E-state index in [2.05, 4.69) is 30.5 Å². The van der Waals surface area contributed by atoms with Crippen molar-refractivity contribution in [1.29, 1.82) is 0 Å². The van der Waals surface area contributed by atoms with Crippen molar-refractivity contribution in [3.8, 4) is 11.3 Å². The largest absolute Gasteiger partial charge is 0.378 e. The number of anilines is 3. The molecule has 0 aliphatic carbocycles. The van der Waals surface area contributed by atoms with Gasteiger partial charge in [0.2, 0.25) is 0 Å². The van der Waals surface area contributed by atoms with Gasteiger partial charge in [-0.25, -0.2) is 15.0 Å². The second-order valence-electron chi connectivity index (χ2n) is 7.80. The van der Waals surface area contributed by atoms with E-state index >= 15 is 0 Å². The third-order valence-electron chi connectivity index (χ3n) is 5.86. The molecule has 32 heavy (non-hydrogen) atoms. The van der Waals surface area contributed by atoms with E-state index in [4.69, 9.17) is 4.74 Å². The van der Waals surface area contributed by atoms with E-state index in [0.29, 0.717) is 12.4 Å². The van der Waals surface area contributed by atoms with Crippen molar-refractivity contribution < 1.29 is 9.53 Å². The second-order valence-corrected chi connectivity index (χ2v) is 7.80. The number of carbonyl (C=O) groups is 1. The Hall–Kier alpha value is -3.98. The Morgan fingerprint density at radius 1 is 1.03 bits per heavy atom. The fraction of sp³-hybridized carbons (Fsp3) is 0.217. The zero-order valence-electron chi connectivity index (χ0n) is 17.3. The number of nitrogens with one attached hydrogen (secondary N) is 2. The van der Waals surface area contributed by atoms with Gasteiger partial charge in [-0.3, -0.25) is 9.20 Å². The lowest BCUT2D eigenvalue weighted by molar-refractivity contribution is 0.0965. The SMILES string of the molecule is O=C1NCc2cc(-c3cnc(Nc4ccc(N5CCOCC5)nc4)c4nccn34)ccc21. The number of aromatic nitrogens is 4. The quantitative estimate of drug-likeness (QED) is 0.517. The maximum absolute atomic E-state index is 11.9. The van der Waals surface area contributed by atoms with Crippen LogP contribution in [0.3, 0.4) is 0 Å². The maximum atomic E-state index is 11.9. The molecule has 1 aromatic carbocycles. The summed E-state index contributed by atoms with van der Waals surface area (Å²) in [5.41, 5.74) is 5.18. The van der Waals surface area contributed by atoms with Gasteiger partial charge < -0.3 is 20.3 Å². The van der Waals surface area contributed by atoms with E-state index < -0.39 is 0 Å². The number of hydrogen-bond acceptors (Lipinski definition) is 7. The molecule has 2 aliphatic heterocycles. The predicted molar refractivity (Wildman–Crippen MR) is 120 cm³/mol. The van der Waals surface area contributed by atoms with E-state index in [1.165, 1.54) is 0 Å². The van der Waals surface area contributed by atoms with Gasteiger partial charge in [0.15, 0.2) is 11.5 Å². The van der Waals surface area contributed by atoms with Crippen LogP contribution in [0, 0.1) is 0 Å². The number of morpholine rings is 1. The molecule has 0 unspecified atom stereocenters. The van der Waals surface area contributed by atoms with Crippen LogP contribution >= 0.6 is 0 Å². The lowest BCUT2D eigenvalue weighted by atomic mass is 10.0. The number of rotatable bonds is 4. The Labute approximate surface area is 184 Å². The first-order valence-corrected chi connectivity index (χ1v) is 10.6. The highest BCUT2D eigenvalue weighted by Crippen LogP contribution is 2.28. The normalized spacial score (nSPS) is 15.6. The Kier molecular flexibility index (Phi) is 4.46. The van der Waals surface area contributed by atoms with Gasteiger partial charge in [0.25, 0.3) is 5.91 Å². The number of amides is 1. The molecular formula is C23H21N7O2. The fourth-order valence-corrected chi connectivity index (χ4v) is 4.19. The summed E-state index contributed by atoms with van der Waals surface area (Å²) in [4.78, 5) is 27.8. The smallest absolute Gasteiger partial charge is 0.251 e. The lowest BCUT2D eigenvalue weighted by Gasteiger charge is -2.27. The van der Waals surface area contributed by atoms with Crippen LogP contribution in [0.2, 0.25) is 0 Å². The van der Waals surface area contributed by atoms with Crippen LogP contribution in [0.4, 0.5) is 17.3 Å².